The third kappa shape index (κ3) is 6.87. The van der Waals surface area contributed by atoms with Gasteiger partial charge in [0.1, 0.15) is 0 Å². The zero-order chi connectivity index (χ0) is 18.8. The summed E-state index contributed by atoms with van der Waals surface area (Å²) in [6.07, 6.45) is 3.16. The van der Waals surface area contributed by atoms with Gasteiger partial charge < -0.3 is 19.7 Å². The molecule has 1 rings (SSSR count). The molecule has 0 heterocycles. The first-order valence-electron chi connectivity index (χ1n) is 8.48. The van der Waals surface area contributed by atoms with Crippen molar-refractivity contribution in [2.24, 2.45) is 0 Å². The molecule has 1 aromatic carbocycles. The number of hydrogen-bond acceptors (Lipinski definition) is 4. The Labute approximate surface area is 149 Å². The second-order valence-electron chi connectivity index (χ2n) is 5.75. The zero-order valence-corrected chi connectivity index (χ0v) is 15.7. The lowest BCUT2D eigenvalue weighted by Gasteiger charge is -2.19. The Kier molecular flexibility index (Phi) is 8.53. The molecule has 0 atom stereocenters. The molecule has 6 heteroatoms. The monoisotopic (exact) mass is 348 g/mol. The molecule has 1 aromatic rings. The van der Waals surface area contributed by atoms with E-state index in [1.54, 1.807) is 25.3 Å². The average Bonchev–Trinajstić information content (AvgIpc) is 2.58. The number of nitrogens with zero attached hydrogens (tertiary/aromatic N) is 1. The van der Waals surface area contributed by atoms with Crippen molar-refractivity contribution in [2.45, 2.75) is 33.7 Å². The molecule has 1 N–H and O–H groups in total. The third-order valence-electron chi connectivity index (χ3n) is 3.38. The molecule has 0 saturated heterocycles. The molecule has 0 radical (unpaired) electrons. The minimum Gasteiger partial charge on any atom is -0.493 e. The standard InChI is InChI=1S/C19H28N2O4/c1-6-21(13-18(22)20-14(3)4)19(23)11-9-15-8-10-16(25-7-2)17(12-15)24-5/h8-12,14H,6-7,13H2,1-5H3,(H,20,22)/b11-9+. The highest BCUT2D eigenvalue weighted by Crippen LogP contribution is 2.28. The van der Waals surface area contributed by atoms with Gasteiger partial charge in [-0.15, -0.1) is 0 Å². The molecule has 0 aliphatic heterocycles. The van der Waals surface area contributed by atoms with Crippen LogP contribution in [0.3, 0.4) is 0 Å². The molecule has 6 nitrogen and oxygen atoms in total. The Morgan fingerprint density at radius 3 is 2.52 bits per heavy atom. The third-order valence-corrected chi connectivity index (χ3v) is 3.38. The maximum atomic E-state index is 12.3. The molecule has 138 valence electrons. The smallest absolute Gasteiger partial charge is 0.247 e. The molecule has 0 aromatic heterocycles. The maximum absolute atomic E-state index is 12.3. The molecule has 0 saturated carbocycles. The molecule has 0 unspecified atom stereocenters. The highest BCUT2D eigenvalue weighted by atomic mass is 16.5. The number of ether oxygens (including phenoxy) is 2. The van der Waals surface area contributed by atoms with E-state index < -0.39 is 0 Å². The van der Waals surface area contributed by atoms with Crippen LogP contribution in [-0.4, -0.2) is 49.6 Å². The van der Waals surface area contributed by atoms with Gasteiger partial charge in [0.2, 0.25) is 11.8 Å². The van der Waals surface area contributed by atoms with Gasteiger partial charge in [-0.2, -0.15) is 0 Å². The summed E-state index contributed by atoms with van der Waals surface area (Å²) in [7, 11) is 1.57. The minimum atomic E-state index is -0.214. The van der Waals surface area contributed by atoms with Gasteiger partial charge in [-0.05, 0) is 51.5 Å². The highest BCUT2D eigenvalue weighted by molar-refractivity contribution is 5.94. The second-order valence-corrected chi connectivity index (χ2v) is 5.75. The molecule has 0 aliphatic carbocycles. The Bertz CT molecular complexity index is 611. The van der Waals surface area contributed by atoms with Crippen LogP contribution in [0.5, 0.6) is 11.5 Å². The number of nitrogens with one attached hydrogen (secondary N) is 1. The molecule has 0 bridgehead atoms. The Hall–Kier alpha value is -2.50. The largest absolute Gasteiger partial charge is 0.493 e. The van der Waals surface area contributed by atoms with Crippen molar-refractivity contribution in [3.63, 3.8) is 0 Å². The summed E-state index contributed by atoms with van der Waals surface area (Å²) in [6.45, 7) is 8.57. The number of likely N-dealkylation sites (N-methyl/N-ethyl adjacent to an activating group) is 1. The van der Waals surface area contributed by atoms with Crippen molar-refractivity contribution in [3.05, 3.63) is 29.8 Å². The Balaban J connectivity index is 2.78. The van der Waals surface area contributed by atoms with Crippen LogP contribution >= 0.6 is 0 Å². The van der Waals surface area contributed by atoms with E-state index >= 15 is 0 Å². The van der Waals surface area contributed by atoms with E-state index in [9.17, 15) is 9.59 Å². The van der Waals surface area contributed by atoms with Crippen molar-refractivity contribution in [3.8, 4) is 11.5 Å². The predicted molar refractivity (Wildman–Crippen MR) is 98.7 cm³/mol. The first-order chi connectivity index (χ1) is 11.9. The molecule has 2 amide bonds. The van der Waals surface area contributed by atoms with Crippen LogP contribution in [0.25, 0.3) is 6.08 Å². The van der Waals surface area contributed by atoms with E-state index in [2.05, 4.69) is 5.32 Å². The fraction of sp³-hybridized carbons (Fsp3) is 0.474. The van der Waals surface area contributed by atoms with Crippen molar-refractivity contribution >= 4 is 17.9 Å². The van der Waals surface area contributed by atoms with Crippen molar-refractivity contribution < 1.29 is 19.1 Å². The number of methoxy groups -OCH3 is 1. The fourth-order valence-corrected chi connectivity index (χ4v) is 2.22. The number of hydrogen-bond donors (Lipinski definition) is 1. The average molecular weight is 348 g/mol. The van der Waals surface area contributed by atoms with Gasteiger partial charge in [0.15, 0.2) is 11.5 Å². The summed E-state index contributed by atoms with van der Waals surface area (Å²) in [5.41, 5.74) is 0.816. The van der Waals surface area contributed by atoms with Gasteiger partial charge in [-0.25, -0.2) is 0 Å². The molecule has 0 aliphatic rings. The Morgan fingerprint density at radius 2 is 1.96 bits per heavy atom. The van der Waals surface area contributed by atoms with Crippen molar-refractivity contribution in [1.82, 2.24) is 10.2 Å². The lowest BCUT2D eigenvalue weighted by molar-refractivity contribution is -0.132. The van der Waals surface area contributed by atoms with Gasteiger partial charge in [0.05, 0.1) is 20.3 Å². The number of amides is 2. The van der Waals surface area contributed by atoms with Gasteiger partial charge in [-0.3, -0.25) is 9.59 Å². The minimum absolute atomic E-state index is 0.0461. The van der Waals surface area contributed by atoms with Gasteiger partial charge >= 0.3 is 0 Å². The van der Waals surface area contributed by atoms with Gasteiger partial charge in [0.25, 0.3) is 0 Å². The normalized spacial score (nSPS) is 10.8. The van der Waals surface area contributed by atoms with Crippen LogP contribution in [0.15, 0.2) is 24.3 Å². The maximum Gasteiger partial charge on any atom is 0.247 e. The van der Waals surface area contributed by atoms with Crippen LogP contribution in [0, 0.1) is 0 Å². The van der Waals surface area contributed by atoms with Gasteiger partial charge in [-0.1, -0.05) is 6.07 Å². The molecule has 0 fully saturated rings. The summed E-state index contributed by atoms with van der Waals surface area (Å²) in [5.74, 6) is 0.893. The lowest BCUT2D eigenvalue weighted by Crippen LogP contribution is -2.42. The number of rotatable bonds is 9. The van der Waals surface area contributed by atoms with Gasteiger partial charge in [0, 0.05) is 18.7 Å². The first kappa shape index (κ1) is 20.5. The quantitative estimate of drug-likeness (QED) is 0.696. The summed E-state index contributed by atoms with van der Waals surface area (Å²) < 4.78 is 10.8. The van der Waals surface area contributed by atoms with E-state index in [0.29, 0.717) is 24.7 Å². The summed E-state index contributed by atoms with van der Waals surface area (Å²) in [6, 6.07) is 5.50. The van der Waals surface area contributed by atoms with Crippen LogP contribution in [-0.2, 0) is 9.59 Å². The second kappa shape index (κ2) is 10.4. The number of benzene rings is 1. The zero-order valence-electron chi connectivity index (χ0n) is 15.7. The van der Waals surface area contributed by atoms with Crippen LogP contribution in [0.2, 0.25) is 0 Å². The van der Waals surface area contributed by atoms with E-state index in [1.165, 1.54) is 11.0 Å². The summed E-state index contributed by atoms with van der Waals surface area (Å²) in [5, 5.41) is 2.78. The number of carbonyl (C=O) groups excluding carboxylic acids is 2. The Morgan fingerprint density at radius 1 is 1.24 bits per heavy atom. The SMILES string of the molecule is CCOc1ccc(/C=C/C(=O)N(CC)CC(=O)NC(C)C)cc1OC. The van der Waals surface area contributed by atoms with E-state index in [1.807, 2.05) is 33.8 Å². The first-order valence-corrected chi connectivity index (χ1v) is 8.48. The van der Waals surface area contributed by atoms with Crippen LogP contribution < -0.4 is 14.8 Å². The topological polar surface area (TPSA) is 67.9 Å². The van der Waals surface area contributed by atoms with E-state index in [0.717, 1.165) is 5.56 Å². The molecular formula is C19H28N2O4. The fourth-order valence-electron chi connectivity index (χ4n) is 2.22. The van der Waals surface area contributed by atoms with Crippen LogP contribution in [0.4, 0.5) is 0 Å². The molecule has 0 spiro atoms. The number of carbonyl (C=O) groups is 2. The molecular weight excluding hydrogens is 320 g/mol. The van der Waals surface area contributed by atoms with Crippen molar-refractivity contribution in [2.75, 3.05) is 26.8 Å². The highest BCUT2D eigenvalue weighted by Gasteiger charge is 2.13. The van der Waals surface area contributed by atoms with Crippen molar-refractivity contribution in [1.29, 1.82) is 0 Å². The summed E-state index contributed by atoms with van der Waals surface area (Å²) in [4.78, 5) is 25.6. The van der Waals surface area contributed by atoms with E-state index in [4.69, 9.17) is 9.47 Å². The van der Waals surface area contributed by atoms with Crippen LogP contribution in [0.1, 0.15) is 33.3 Å². The predicted octanol–water partition coefficient (Wildman–Crippen LogP) is 2.48. The molecule has 25 heavy (non-hydrogen) atoms. The summed E-state index contributed by atoms with van der Waals surface area (Å²) >= 11 is 0. The lowest BCUT2D eigenvalue weighted by atomic mass is 10.2. The van der Waals surface area contributed by atoms with E-state index in [-0.39, 0.29) is 24.4 Å².